The molecule has 0 fully saturated rings. The van der Waals surface area contributed by atoms with Gasteiger partial charge in [0, 0.05) is 21.0 Å². The number of nitrogens with zero attached hydrogens (tertiary/aromatic N) is 1. The molecule has 0 aliphatic rings. The Morgan fingerprint density at radius 2 is 1.61 bits per heavy atom. The van der Waals surface area contributed by atoms with Crippen LogP contribution in [0, 0.1) is 0 Å². The summed E-state index contributed by atoms with van der Waals surface area (Å²) in [6, 6.07) is 25.8. The predicted octanol–water partition coefficient (Wildman–Crippen LogP) is 6.48. The zero-order valence-corrected chi connectivity index (χ0v) is 18.5. The van der Waals surface area contributed by atoms with Crippen molar-refractivity contribution in [3.8, 4) is 11.3 Å². The summed E-state index contributed by atoms with van der Waals surface area (Å²) in [5, 5.41) is 0.690. The van der Waals surface area contributed by atoms with Gasteiger partial charge in [-0.25, -0.2) is 9.78 Å². The number of halogens is 1. The summed E-state index contributed by atoms with van der Waals surface area (Å²) in [5.41, 5.74) is 3.16. The number of hydrogen-bond donors (Lipinski definition) is 0. The van der Waals surface area contributed by atoms with Crippen LogP contribution < -0.4 is 0 Å². The third-order valence-electron chi connectivity index (χ3n) is 5.05. The number of hydrogen-bond acceptors (Lipinski definition) is 4. The Kier molecular flexibility index (Phi) is 6.23. The molecule has 1 heterocycles. The lowest BCUT2D eigenvalue weighted by molar-refractivity contribution is 0.0279. The van der Waals surface area contributed by atoms with Gasteiger partial charge in [-0.3, -0.25) is 4.79 Å². The molecule has 31 heavy (non-hydrogen) atoms. The van der Waals surface area contributed by atoms with Crippen LogP contribution in [0.3, 0.4) is 0 Å². The Balaban J connectivity index is 1.71. The van der Waals surface area contributed by atoms with E-state index >= 15 is 0 Å². The Morgan fingerprint density at radius 1 is 0.935 bits per heavy atom. The number of para-hydroxylation sites is 1. The van der Waals surface area contributed by atoms with Gasteiger partial charge in [0.25, 0.3) is 0 Å². The number of carbonyl (C=O) groups is 2. The quantitative estimate of drug-likeness (QED) is 0.237. The summed E-state index contributed by atoms with van der Waals surface area (Å²) in [7, 11) is 0. The van der Waals surface area contributed by atoms with Crippen molar-refractivity contribution in [2.24, 2.45) is 0 Å². The average molecular weight is 474 g/mol. The summed E-state index contributed by atoms with van der Waals surface area (Å²) in [4.78, 5) is 30.7. The van der Waals surface area contributed by atoms with E-state index in [0.29, 0.717) is 34.1 Å². The normalized spacial score (nSPS) is 11.8. The number of rotatable bonds is 6. The lowest BCUT2D eigenvalue weighted by Gasteiger charge is -2.16. The number of benzene rings is 3. The maximum absolute atomic E-state index is 13.2. The molecule has 0 spiro atoms. The van der Waals surface area contributed by atoms with Crippen LogP contribution in [0.2, 0.25) is 0 Å². The number of Topliss-reactive ketones (excluding diaryl/α,β-unsaturated/α-hetero) is 1. The lowest BCUT2D eigenvalue weighted by Crippen LogP contribution is -2.27. The molecule has 4 nitrogen and oxygen atoms in total. The molecule has 0 aliphatic heterocycles. The topological polar surface area (TPSA) is 56.3 Å². The molecule has 0 radical (unpaired) electrons. The first-order chi connectivity index (χ1) is 15.1. The summed E-state index contributed by atoms with van der Waals surface area (Å²) in [6.45, 7) is 1.83. The second-order valence-corrected chi connectivity index (χ2v) is 8.03. The highest BCUT2D eigenvalue weighted by Crippen LogP contribution is 2.27. The minimum atomic E-state index is -0.849. The van der Waals surface area contributed by atoms with Crippen LogP contribution in [0.15, 0.2) is 89.4 Å². The van der Waals surface area contributed by atoms with E-state index in [0.717, 1.165) is 10.0 Å². The third-order valence-corrected chi connectivity index (χ3v) is 5.58. The molecule has 4 aromatic rings. The maximum Gasteiger partial charge on any atom is 0.339 e. The fourth-order valence-corrected chi connectivity index (χ4v) is 3.68. The van der Waals surface area contributed by atoms with E-state index in [4.69, 9.17) is 9.72 Å². The van der Waals surface area contributed by atoms with Gasteiger partial charge in [0.15, 0.2) is 6.10 Å². The molecule has 0 saturated carbocycles. The van der Waals surface area contributed by atoms with Crippen LogP contribution >= 0.6 is 15.9 Å². The van der Waals surface area contributed by atoms with Crippen molar-refractivity contribution in [2.45, 2.75) is 19.4 Å². The molecule has 1 unspecified atom stereocenters. The van der Waals surface area contributed by atoms with Gasteiger partial charge >= 0.3 is 5.97 Å². The van der Waals surface area contributed by atoms with E-state index in [9.17, 15) is 9.59 Å². The van der Waals surface area contributed by atoms with Crippen LogP contribution in [-0.4, -0.2) is 22.8 Å². The smallest absolute Gasteiger partial charge is 0.339 e. The molecule has 0 saturated heterocycles. The van der Waals surface area contributed by atoms with E-state index in [-0.39, 0.29) is 5.78 Å². The number of carbonyl (C=O) groups excluding carboxylic acids is 2. The Bertz CT molecular complexity index is 1240. The van der Waals surface area contributed by atoms with Gasteiger partial charge in [-0.2, -0.15) is 0 Å². The van der Waals surface area contributed by atoms with E-state index in [1.54, 1.807) is 30.3 Å². The zero-order chi connectivity index (χ0) is 21.8. The van der Waals surface area contributed by atoms with Crippen LogP contribution in [0.5, 0.6) is 0 Å². The monoisotopic (exact) mass is 473 g/mol. The standard InChI is InChI=1S/C26H20BrNO3/c1-2-24(25(29)18-8-4-3-5-9-18)31-26(30)21-16-23(17-12-14-19(27)15-13-17)28-22-11-7-6-10-20(21)22/h3-16,24H,2H2,1H3. The SMILES string of the molecule is CCC(OC(=O)c1cc(-c2ccc(Br)cc2)nc2ccccc12)C(=O)c1ccccc1. The molecule has 1 aromatic heterocycles. The molecule has 5 heteroatoms. The highest BCUT2D eigenvalue weighted by molar-refractivity contribution is 9.10. The lowest BCUT2D eigenvalue weighted by atomic mass is 10.0. The van der Waals surface area contributed by atoms with E-state index in [2.05, 4.69) is 15.9 Å². The van der Waals surface area contributed by atoms with Crippen molar-refractivity contribution in [3.05, 3.63) is 101 Å². The van der Waals surface area contributed by atoms with Gasteiger partial charge in [-0.05, 0) is 30.7 Å². The van der Waals surface area contributed by atoms with Crippen molar-refractivity contribution >= 4 is 38.6 Å². The fourth-order valence-electron chi connectivity index (χ4n) is 3.42. The van der Waals surface area contributed by atoms with Crippen LogP contribution in [0.25, 0.3) is 22.2 Å². The van der Waals surface area contributed by atoms with Crippen molar-refractivity contribution < 1.29 is 14.3 Å². The second-order valence-electron chi connectivity index (χ2n) is 7.11. The first-order valence-corrected chi connectivity index (χ1v) is 10.8. The van der Waals surface area contributed by atoms with Gasteiger partial charge in [-0.1, -0.05) is 83.5 Å². The molecular formula is C26H20BrNO3. The summed E-state index contributed by atoms with van der Waals surface area (Å²) >= 11 is 3.44. The number of pyridine rings is 1. The third kappa shape index (κ3) is 4.57. The van der Waals surface area contributed by atoms with E-state index in [1.165, 1.54) is 0 Å². The largest absolute Gasteiger partial charge is 0.450 e. The van der Waals surface area contributed by atoms with Crippen molar-refractivity contribution in [1.29, 1.82) is 0 Å². The van der Waals surface area contributed by atoms with Gasteiger partial charge < -0.3 is 4.74 Å². The number of ketones is 1. The minimum Gasteiger partial charge on any atom is -0.450 e. The highest BCUT2D eigenvalue weighted by atomic mass is 79.9. The highest BCUT2D eigenvalue weighted by Gasteiger charge is 2.24. The summed E-state index contributed by atoms with van der Waals surface area (Å²) in [6.07, 6.45) is -0.458. The van der Waals surface area contributed by atoms with Gasteiger partial charge in [-0.15, -0.1) is 0 Å². The number of esters is 1. The fraction of sp³-hybridized carbons (Fsp3) is 0.115. The van der Waals surface area contributed by atoms with Crippen molar-refractivity contribution in [1.82, 2.24) is 4.98 Å². The van der Waals surface area contributed by atoms with Gasteiger partial charge in [0.2, 0.25) is 5.78 Å². The second kappa shape index (κ2) is 9.23. The van der Waals surface area contributed by atoms with Gasteiger partial charge in [0.05, 0.1) is 16.8 Å². The molecular weight excluding hydrogens is 454 g/mol. The zero-order valence-electron chi connectivity index (χ0n) is 16.9. The summed E-state index contributed by atoms with van der Waals surface area (Å²) in [5.74, 6) is -0.740. The van der Waals surface area contributed by atoms with Crippen LogP contribution in [0.1, 0.15) is 34.1 Å². The number of fused-ring (bicyclic) bond motifs is 1. The first kappa shape index (κ1) is 20.9. The number of aromatic nitrogens is 1. The Hall–Kier alpha value is -3.31. The van der Waals surface area contributed by atoms with E-state index < -0.39 is 12.1 Å². The van der Waals surface area contributed by atoms with Crippen LogP contribution in [0.4, 0.5) is 0 Å². The predicted molar refractivity (Wildman–Crippen MR) is 125 cm³/mol. The Labute approximate surface area is 189 Å². The van der Waals surface area contributed by atoms with Crippen molar-refractivity contribution in [3.63, 3.8) is 0 Å². The van der Waals surface area contributed by atoms with E-state index in [1.807, 2.05) is 61.5 Å². The summed E-state index contributed by atoms with van der Waals surface area (Å²) < 4.78 is 6.66. The molecule has 0 amide bonds. The molecule has 4 rings (SSSR count). The minimum absolute atomic E-state index is 0.206. The van der Waals surface area contributed by atoms with Crippen molar-refractivity contribution in [2.75, 3.05) is 0 Å². The molecule has 3 aromatic carbocycles. The Morgan fingerprint density at radius 3 is 2.32 bits per heavy atom. The molecule has 0 N–H and O–H groups in total. The number of ether oxygens (including phenoxy) is 1. The molecule has 1 atom stereocenters. The molecule has 154 valence electrons. The molecule has 0 aliphatic carbocycles. The maximum atomic E-state index is 13.2. The first-order valence-electron chi connectivity index (χ1n) is 10.0. The van der Waals surface area contributed by atoms with Crippen LogP contribution in [-0.2, 0) is 4.74 Å². The molecule has 0 bridgehead atoms. The van der Waals surface area contributed by atoms with Gasteiger partial charge in [0.1, 0.15) is 0 Å². The average Bonchev–Trinajstić information content (AvgIpc) is 2.82.